The third-order valence-corrected chi connectivity index (χ3v) is 8.59. The van der Waals surface area contributed by atoms with Crippen LogP contribution in [0, 0.1) is 35.9 Å². The maximum Gasteiger partial charge on any atom is 0.258 e. The molecule has 0 spiro atoms. The van der Waals surface area contributed by atoms with E-state index in [-0.39, 0.29) is 5.56 Å². The number of likely N-dealkylation sites (N-methyl/N-ethyl adjacent to an activating group) is 1. The number of pyridine rings is 1. The Morgan fingerprint density at radius 1 is 1.17 bits per heavy atom. The number of aromatic amines is 1. The van der Waals surface area contributed by atoms with Crippen molar-refractivity contribution in [3.05, 3.63) is 107 Å². The van der Waals surface area contributed by atoms with Crippen molar-refractivity contribution in [2.45, 2.75) is 45.2 Å². The van der Waals surface area contributed by atoms with Gasteiger partial charge >= 0.3 is 0 Å². The number of nitrogens with one attached hydrogen (secondary N) is 4. The van der Waals surface area contributed by atoms with Gasteiger partial charge in [-0.1, -0.05) is 12.0 Å². The van der Waals surface area contributed by atoms with Crippen LogP contribution < -0.4 is 16.0 Å². The summed E-state index contributed by atoms with van der Waals surface area (Å²) >= 11 is 0. The lowest BCUT2D eigenvalue weighted by molar-refractivity contribution is 0.102. The third-order valence-electron chi connectivity index (χ3n) is 8.59. The van der Waals surface area contributed by atoms with Crippen molar-refractivity contribution < 1.29 is 9.18 Å². The number of imidazole rings is 1. The van der Waals surface area contributed by atoms with Gasteiger partial charge in [0.2, 0.25) is 0 Å². The minimum absolute atomic E-state index is 0.120. The Morgan fingerprint density at radius 3 is 2.77 bits per heavy atom. The number of aryl methyl sites for hydroxylation is 1. The number of nitrogens with zero attached hydrogens (tertiary/aromatic N) is 5. The minimum Gasteiger partial charge on any atom is -0.350 e. The standard InChI is InChI=1S/C36H36FN9O/c1-23-14-32(37)30(15-24(23)8-10-29-19-40-34-33(6-5-12-46(29)34)43-28-17-41-42-18-28)35(47)44-26-9-7-25(31(16-26)36(2,3)22-38)20-45-13-11-27(21-45)39-4/h5-7,9,12,14-19,27,39,43H,11,13,20-21H2,1-4H3,(H,41,42)(H,44,47). The second kappa shape index (κ2) is 13.1. The number of hydrogen-bond acceptors (Lipinski definition) is 7. The van der Waals surface area contributed by atoms with Crippen LogP contribution in [0.1, 0.15) is 58.6 Å². The van der Waals surface area contributed by atoms with Crippen LogP contribution in [0.2, 0.25) is 0 Å². The first-order valence-electron chi connectivity index (χ1n) is 15.4. The maximum absolute atomic E-state index is 15.2. The first-order chi connectivity index (χ1) is 22.6. The molecule has 1 fully saturated rings. The van der Waals surface area contributed by atoms with E-state index in [1.807, 2.05) is 61.8 Å². The number of hydrogen-bond donors (Lipinski definition) is 4. The van der Waals surface area contributed by atoms with E-state index in [1.54, 1.807) is 25.5 Å². The lowest BCUT2D eigenvalue weighted by Gasteiger charge is -2.24. The number of fused-ring (bicyclic) bond motifs is 1. The molecule has 47 heavy (non-hydrogen) atoms. The number of halogens is 1. The van der Waals surface area contributed by atoms with E-state index >= 15 is 4.39 Å². The average Bonchev–Trinajstić information content (AvgIpc) is 3.83. The van der Waals surface area contributed by atoms with E-state index in [2.05, 4.69) is 53.9 Å². The molecule has 1 aliphatic rings. The van der Waals surface area contributed by atoms with E-state index < -0.39 is 17.1 Å². The Bertz CT molecular complexity index is 2050. The second-order valence-corrected chi connectivity index (χ2v) is 12.3. The number of amides is 1. The molecule has 1 amide bonds. The molecular weight excluding hydrogens is 593 g/mol. The molecule has 1 saturated heterocycles. The average molecular weight is 630 g/mol. The molecule has 0 bridgehead atoms. The molecular formula is C36H36FN9O. The van der Waals surface area contributed by atoms with Crippen molar-refractivity contribution >= 4 is 28.6 Å². The summed E-state index contributed by atoms with van der Waals surface area (Å²) in [5.74, 6) is 5.00. The fourth-order valence-electron chi connectivity index (χ4n) is 5.87. The molecule has 1 unspecified atom stereocenters. The van der Waals surface area contributed by atoms with Gasteiger partial charge in [-0.2, -0.15) is 10.4 Å². The zero-order valence-corrected chi connectivity index (χ0v) is 26.8. The summed E-state index contributed by atoms with van der Waals surface area (Å²) in [6, 6.07) is 15.0. The highest BCUT2D eigenvalue weighted by molar-refractivity contribution is 6.04. The molecule has 3 aromatic heterocycles. The van der Waals surface area contributed by atoms with Gasteiger partial charge < -0.3 is 16.0 Å². The van der Waals surface area contributed by atoms with Crippen LogP contribution in [0.5, 0.6) is 0 Å². The van der Waals surface area contributed by atoms with Crippen molar-refractivity contribution in [3.63, 3.8) is 0 Å². The van der Waals surface area contributed by atoms with Gasteiger partial charge in [-0.3, -0.25) is 19.2 Å². The fraction of sp³-hybridized carbons (Fsp3) is 0.278. The Kier molecular flexibility index (Phi) is 8.77. The van der Waals surface area contributed by atoms with E-state index in [1.165, 1.54) is 12.1 Å². The Morgan fingerprint density at radius 2 is 2.02 bits per heavy atom. The first kappa shape index (κ1) is 31.5. The van der Waals surface area contributed by atoms with Gasteiger partial charge in [0.15, 0.2) is 5.65 Å². The van der Waals surface area contributed by atoms with Crippen LogP contribution in [0.3, 0.4) is 0 Å². The summed E-state index contributed by atoms with van der Waals surface area (Å²) in [5, 5.41) is 26.2. The first-order valence-corrected chi connectivity index (χ1v) is 15.4. The zero-order chi connectivity index (χ0) is 33.1. The molecule has 0 radical (unpaired) electrons. The maximum atomic E-state index is 15.2. The van der Waals surface area contributed by atoms with Gasteiger partial charge in [-0.15, -0.1) is 0 Å². The normalized spacial score (nSPS) is 14.9. The zero-order valence-electron chi connectivity index (χ0n) is 26.8. The number of rotatable bonds is 8. The third kappa shape index (κ3) is 6.73. The van der Waals surface area contributed by atoms with Crippen LogP contribution >= 0.6 is 0 Å². The van der Waals surface area contributed by atoms with Gasteiger partial charge in [0.05, 0.1) is 40.8 Å². The van der Waals surface area contributed by atoms with Gasteiger partial charge in [0.25, 0.3) is 5.91 Å². The summed E-state index contributed by atoms with van der Waals surface area (Å²) < 4.78 is 17.0. The van der Waals surface area contributed by atoms with Crippen molar-refractivity contribution in [1.82, 2.24) is 29.8 Å². The molecule has 0 saturated carbocycles. The smallest absolute Gasteiger partial charge is 0.258 e. The van der Waals surface area contributed by atoms with E-state index in [0.717, 1.165) is 42.0 Å². The highest BCUT2D eigenvalue weighted by Crippen LogP contribution is 2.31. The fourth-order valence-corrected chi connectivity index (χ4v) is 5.87. The Hall–Kier alpha value is -5.49. The topological polar surface area (TPSA) is 126 Å². The second-order valence-electron chi connectivity index (χ2n) is 12.3. The predicted molar refractivity (Wildman–Crippen MR) is 180 cm³/mol. The number of carbonyl (C=O) groups is 1. The summed E-state index contributed by atoms with van der Waals surface area (Å²) in [5.41, 5.74) is 5.46. The van der Waals surface area contributed by atoms with Crippen molar-refractivity contribution in [3.8, 4) is 17.9 Å². The summed E-state index contributed by atoms with van der Waals surface area (Å²) in [6.07, 6.45) is 8.02. The molecule has 238 valence electrons. The number of benzene rings is 2. The van der Waals surface area contributed by atoms with Gasteiger partial charge in [0.1, 0.15) is 11.5 Å². The molecule has 5 aromatic rings. The number of H-pyrrole nitrogens is 1. The summed E-state index contributed by atoms with van der Waals surface area (Å²) in [4.78, 5) is 20.3. The van der Waals surface area contributed by atoms with Crippen LogP contribution in [-0.4, -0.2) is 56.6 Å². The van der Waals surface area contributed by atoms with Crippen LogP contribution in [0.25, 0.3) is 5.65 Å². The van der Waals surface area contributed by atoms with E-state index in [9.17, 15) is 10.1 Å². The predicted octanol–water partition coefficient (Wildman–Crippen LogP) is 5.50. The molecule has 11 heteroatoms. The molecule has 4 heterocycles. The number of likely N-dealkylation sites (tertiary alicyclic amines) is 1. The highest BCUT2D eigenvalue weighted by Gasteiger charge is 2.27. The van der Waals surface area contributed by atoms with Crippen LogP contribution in [0.15, 0.2) is 67.3 Å². The molecule has 10 nitrogen and oxygen atoms in total. The quantitative estimate of drug-likeness (QED) is 0.167. The largest absolute Gasteiger partial charge is 0.350 e. The molecule has 6 rings (SSSR count). The van der Waals surface area contributed by atoms with Gasteiger partial charge in [0, 0.05) is 49.3 Å². The Labute approximate surface area is 273 Å². The van der Waals surface area contributed by atoms with Crippen LogP contribution in [-0.2, 0) is 12.0 Å². The van der Waals surface area contributed by atoms with Crippen molar-refractivity contribution in [2.24, 2.45) is 0 Å². The van der Waals surface area contributed by atoms with Crippen molar-refractivity contribution in [1.29, 1.82) is 5.26 Å². The number of carbonyl (C=O) groups excluding carboxylic acids is 1. The molecule has 1 aliphatic heterocycles. The summed E-state index contributed by atoms with van der Waals surface area (Å²) in [7, 11) is 1.97. The van der Waals surface area contributed by atoms with Crippen molar-refractivity contribution in [2.75, 3.05) is 30.8 Å². The van der Waals surface area contributed by atoms with Crippen LogP contribution in [0.4, 0.5) is 21.5 Å². The molecule has 1 atom stereocenters. The minimum atomic E-state index is -0.788. The molecule has 2 aromatic carbocycles. The highest BCUT2D eigenvalue weighted by atomic mass is 19.1. The molecule has 4 N–H and O–H groups in total. The summed E-state index contributed by atoms with van der Waals surface area (Å²) in [6.45, 7) is 8.09. The van der Waals surface area contributed by atoms with Gasteiger partial charge in [-0.25, -0.2) is 9.37 Å². The van der Waals surface area contributed by atoms with E-state index in [0.29, 0.717) is 40.7 Å². The lowest BCUT2D eigenvalue weighted by Crippen LogP contribution is -2.30. The SMILES string of the molecule is CNC1CCN(Cc2ccc(NC(=O)c3cc(C#Cc4cnc5c(Nc6cn[nH]c6)cccn45)c(C)cc3F)cc2C(C)(C)C#N)C1. The number of nitriles is 1. The van der Waals surface area contributed by atoms with E-state index in [4.69, 9.17) is 0 Å². The lowest BCUT2D eigenvalue weighted by atomic mass is 9.82. The molecule has 0 aliphatic carbocycles. The monoisotopic (exact) mass is 629 g/mol. The number of anilines is 3. The Balaban J connectivity index is 1.24. The number of aromatic nitrogens is 4. The van der Waals surface area contributed by atoms with Gasteiger partial charge in [-0.05, 0) is 93.2 Å².